The summed E-state index contributed by atoms with van der Waals surface area (Å²) in [6, 6.07) is 8.79. The van der Waals surface area contributed by atoms with Gasteiger partial charge in [0.1, 0.15) is 0 Å². The summed E-state index contributed by atoms with van der Waals surface area (Å²) < 4.78 is 1.03. The molecule has 82 valence electrons. The number of hydrogen-bond donors (Lipinski definition) is 2. The van der Waals surface area contributed by atoms with Crippen LogP contribution in [0.4, 0.5) is 5.69 Å². The Hall–Kier alpha value is -1.46. The number of nitrogen functional groups attached to an aromatic ring is 1. The average molecular weight is 251 g/mol. The van der Waals surface area contributed by atoms with Crippen LogP contribution in [-0.4, -0.2) is 11.1 Å². The van der Waals surface area contributed by atoms with Gasteiger partial charge in [0.2, 0.25) is 0 Å². The van der Waals surface area contributed by atoms with E-state index >= 15 is 0 Å². The van der Waals surface area contributed by atoms with Crippen LogP contribution in [0.3, 0.4) is 0 Å². The highest BCUT2D eigenvalue weighted by atomic mass is 32.2. The lowest BCUT2D eigenvalue weighted by atomic mass is 10.2. The first-order valence-electron chi connectivity index (χ1n) is 4.51. The van der Waals surface area contributed by atoms with Crippen LogP contribution in [0.15, 0.2) is 44.8 Å². The van der Waals surface area contributed by atoms with Crippen LogP contribution in [0.1, 0.15) is 10.4 Å². The van der Waals surface area contributed by atoms with Crippen molar-refractivity contribution in [3.8, 4) is 0 Å². The van der Waals surface area contributed by atoms with Crippen molar-refractivity contribution in [1.29, 1.82) is 0 Å². The van der Waals surface area contributed by atoms with Crippen LogP contribution >= 0.6 is 23.1 Å². The fourth-order valence-electron chi connectivity index (χ4n) is 1.26. The minimum absolute atomic E-state index is 0.249. The highest BCUT2D eigenvalue weighted by molar-refractivity contribution is 8.01. The van der Waals surface area contributed by atoms with Crippen LogP contribution in [0.5, 0.6) is 0 Å². The lowest BCUT2D eigenvalue weighted by Gasteiger charge is -2.07. The minimum atomic E-state index is -0.952. The zero-order chi connectivity index (χ0) is 11.5. The molecule has 1 aromatic carbocycles. The molecule has 0 spiro atoms. The van der Waals surface area contributed by atoms with Gasteiger partial charge in [-0.2, -0.15) is 0 Å². The maximum atomic E-state index is 11.0. The van der Waals surface area contributed by atoms with Crippen molar-refractivity contribution in [2.45, 2.75) is 9.10 Å². The molecule has 2 rings (SSSR count). The van der Waals surface area contributed by atoms with Crippen LogP contribution in [0, 0.1) is 0 Å². The third-order valence-corrected chi connectivity index (χ3v) is 4.17. The molecule has 1 aromatic heterocycles. The third-order valence-electron chi connectivity index (χ3n) is 1.97. The lowest BCUT2D eigenvalue weighted by molar-refractivity contribution is 0.0693. The molecule has 0 atom stereocenters. The number of benzene rings is 1. The average Bonchev–Trinajstić information content (AvgIpc) is 2.73. The molecule has 0 radical (unpaired) electrons. The molecule has 0 fully saturated rings. The van der Waals surface area contributed by atoms with E-state index in [-0.39, 0.29) is 5.56 Å². The second kappa shape index (κ2) is 4.59. The number of carboxylic acid groups (broad SMARTS) is 1. The van der Waals surface area contributed by atoms with E-state index in [4.69, 9.17) is 10.8 Å². The summed E-state index contributed by atoms with van der Waals surface area (Å²) in [5.41, 5.74) is 6.54. The topological polar surface area (TPSA) is 63.3 Å². The number of carbonyl (C=O) groups is 1. The van der Waals surface area contributed by atoms with Crippen molar-refractivity contribution in [1.82, 2.24) is 0 Å². The van der Waals surface area contributed by atoms with Gasteiger partial charge in [0.05, 0.1) is 14.7 Å². The van der Waals surface area contributed by atoms with E-state index in [0.717, 1.165) is 4.21 Å². The van der Waals surface area contributed by atoms with E-state index < -0.39 is 5.97 Å². The molecule has 0 aliphatic rings. The summed E-state index contributed by atoms with van der Waals surface area (Å²) in [6.07, 6.45) is 0. The highest BCUT2D eigenvalue weighted by Gasteiger charge is 2.13. The molecule has 0 aliphatic carbocycles. The van der Waals surface area contributed by atoms with Gasteiger partial charge in [-0.1, -0.05) is 23.9 Å². The highest BCUT2D eigenvalue weighted by Crippen LogP contribution is 2.37. The molecule has 3 nitrogen and oxygen atoms in total. The van der Waals surface area contributed by atoms with Crippen molar-refractivity contribution in [3.05, 3.63) is 41.3 Å². The quantitative estimate of drug-likeness (QED) is 0.822. The zero-order valence-corrected chi connectivity index (χ0v) is 9.85. The Morgan fingerprint density at radius 1 is 1.31 bits per heavy atom. The molecule has 0 aliphatic heterocycles. The van der Waals surface area contributed by atoms with Crippen LogP contribution in [-0.2, 0) is 0 Å². The second-order valence-corrected chi connectivity index (χ2v) is 5.32. The summed E-state index contributed by atoms with van der Waals surface area (Å²) >= 11 is 2.95. The molecule has 5 heteroatoms. The first kappa shape index (κ1) is 11.0. The molecule has 0 saturated carbocycles. The number of thiophene rings is 1. The van der Waals surface area contributed by atoms with E-state index in [1.54, 1.807) is 29.5 Å². The zero-order valence-electron chi connectivity index (χ0n) is 8.21. The van der Waals surface area contributed by atoms with Gasteiger partial charge in [0, 0.05) is 5.69 Å². The molecule has 0 unspecified atom stereocenters. The summed E-state index contributed by atoms with van der Waals surface area (Å²) in [6.45, 7) is 0. The molecule has 3 N–H and O–H groups in total. The van der Waals surface area contributed by atoms with Crippen LogP contribution in [0.2, 0.25) is 0 Å². The van der Waals surface area contributed by atoms with Crippen molar-refractivity contribution in [2.75, 3.05) is 5.73 Å². The Labute approximate surface area is 101 Å². The van der Waals surface area contributed by atoms with Crippen molar-refractivity contribution in [2.24, 2.45) is 0 Å². The fraction of sp³-hybridized carbons (Fsp3) is 0. The predicted molar refractivity (Wildman–Crippen MR) is 66.3 cm³/mol. The predicted octanol–water partition coefficient (Wildman–Crippen LogP) is 3.18. The van der Waals surface area contributed by atoms with E-state index in [1.165, 1.54) is 11.8 Å². The number of carboxylic acids is 1. The lowest BCUT2D eigenvalue weighted by Crippen LogP contribution is -2.01. The second-order valence-electron chi connectivity index (χ2n) is 3.06. The summed E-state index contributed by atoms with van der Waals surface area (Å²) in [4.78, 5) is 11.6. The van der Waals surface area contributed by atoms with Crippen molar-refractivity contribution >= 4 is 34.8 Å². The molecule has 16 heavy (non-hydrogen) atoms. The normalized spacial score (nSPS) is 10.2. The van der Waals surface area contributed by atoms with Crippen molar-refractivity contribution in [3.63, 3.8) is 0 Å². The molecule has 0 amide bonds. The maximum Gasteiger partial charge on any atom is 0.336 e. The van der Waals surface area contributed by atoms with Gasteiger partial charge in [-0.3, -0.25) is 0 Å². The Morgan fingerprint density at radius 3 is 2.75 bits per heavy atom. The van der Waals surface area contributed by atoms with E-state index in [0.29, 0.717) is 10.6 Å². The molecule has 2 aromatic rings. The first-order valence-corrected chi connectivity index (χ1v) is 6.21. The van der Waals surface area contributed by atoms with E-state index in [1.807, 2.05) is 17.5 Å². The Balaban J connectivity index is 2.42. The number of nitrogens with two attached hydrogens (primary N) is 1. The van der Waals surface area contributed by atoms with Gasteiger partial charge in [0.15, 0.2) is 0 Å². The van der Waals surface area contributed by atoms with Crippen molar-refractivity contribution < 1.29 is 9.90 Å². The summed E-state index contributed by atoms with van der Waals surface area (Å²) in [5.74, 6) is -0.952. The summed E-state index contributed by atoms with van der Waals surface area (Å²) in [7, 11) is 0. The standard InChI is InChI=1S/C11H9NO2S2/c12-8-4-1-3-7(11(13)14)10(8)16-9-5-2-6-15-9/h1-6H,12H2,(H,13,14). The molecular weight excluding hydrogens is 242 g/mol. The number of anilines is 1. The largest absolute Gasteiger partial charge is 0.478 e. The Morgan fingerprint density at radius 2 is 2.12 bits per heavy atom. The molecule has 1 heterocycles. The molecule has 0 saturated heterocycles. The molecular formula is C11H9NO2S2. The summed E-state index contributed by atoms with van der Waals surface area (Å²) in [5, 5.41) is 11.0. The van der Waals surface area contributed by atoms with Crippen LogP contribution < -0.4 is 5.73 Å². The van der Waals surface area contributed by atoms with Gasteiger partial charge in [-0.25, -0.2) is 4.79 Å². The maximum absolute atomic E-state index is 11.0. The Bertz CT molecular complexity index is 509. The fourth-order valence-corrected chi connectivity index (χ4v) is 3.12. The number of hydrogen-bond acceptors (Lipinski definition) is 4. The monoisotopic (exact) mass is 251 g/mol. The molecule has 0 bridgehead atoms. The third kappa shape index (κ3) is 2.20. The van der Waals surface area contributed by atoms with Gasteiger partial charge in [-0.05, 0) is 23.6 Å². The SMILES string of the molecule is Nc1cccc(C(=O)O)c1Sc1cccs1. The smallest absolute Gasteiger partial charge is 0.336 e. The van der Waals surface area contributed by atoms with E-state index in [9.17, 15) is 4.79 Å². The van der Waals surface area contributed by atoms with Gasteiger partial charge < -0.3 is 10.8 Å². The van der Waals surface area contributed by atoms with Gasteiger partial charge >= 0.3 is 5.97 Å². The van der Waals surface area contributed by atoms with Crippen LogP contribution in [0.25, 0.3) is 0 Å². The number of rotatable bonds is 3. The minimum Gasteiger partial charge on any atom is -0.478 e. The van der Waals surface area contributed by atoms with Gasteiger partial charge in [0.25, 0.3) is 0 Å². The first-order chi connectivity index (χ1) is 7.68. The van der Waals surface area contributed by atoms with Gasteiger partial charge in [-0.15, -0.1) is 11.3 Å². The number of aromatic carboxylic acids is 1. The Kier molecular flexibility index (Phi) is 3.17. The van der Waals surface area contributed by atoms with E-state index in [2.05, 4.69) is 0 Å².